The number of alkyl halides is 3. The molecule has 0 radical (unpaired) electrons. The summed E-state index contributed by atoms with van der Waals surface area (Å²) in [7, 11) is 0. The van der Waals surface area contributed by atoms with Gasteiger partial charge in [0.15, 0.2) is 10.8 Å². The van der Waals surface area contributed by atoms with E-state index < -0.39 is 11.9 Å². The van der Waals surface area contributed by atoms with Gasteiger partial charge in [0, 0.05) is 18.5 Å². The molecule has 2 rings (SSSR count). The molecule has 1 aromatic heterocycles. The molecule has 0 aromatic carbocycles. The standard InChI is InChI=1S/C10H13F3N2S/c11-10(12,13)8-7-16-9(14-8)15-5-3-1-2-4-6-15/h7H,1-6H2. The number of nitrogens with zero attached hydrogens (tertiary/aromatic N) is 2. The first kappa shape index (κ1) is 11.7. The van der Waals surface area contributed by atoms with Gasteiger partial charge in [-0.1, -0.05) is 12.8 Å². The second-order valence-corrected chi connectivity index (χ2v) is 4.75. The average Bonchev–Trinajstić information content (AvgIpc) is 2.55. The minimum Gasteiger partial charge on any atom is -0.348 e. The lowest BCUT2D eigenvalue weighted by Gasteiger charge is -2.18. The second kappa shape index (κ2) is 4.61. The molecule has 0 unspecified atom stereocenters. The Morgan fingerprint density at radius 2 is 1.75 bits per heavy atom. The van der Waals surface area contributed by atoms with Gasteiger partial charge in [0.25, 0.3) is 0 Å². The predicted molar refractivity (Wildman–Crippen MR) is 57.8 cm³/mol. The lowest BCUT2D eigenvalue weighted by molar-refractivity contribution is -0.140. The molecule has 0 amide bonds. The summed E-state index contributed by atoms with van der Waals surface area (Å²) in [6.45, 7) is 1.65. The summed E-state index contributed by atoms with van der Waals surface area (Å²) < 4.78 is 37.1. The zero-order valence-corrected chi connectivity index (χ0v) is 9.57. The molecule has 6 heteroatoms. The zero-order chi connectivity index (χ0) is 11.6. The van der Waals surface area contributed by atoms with Crippen LogP contribution in [0.1, 0.15) is 31.4 Å². The maximum atomic E-state index is 12.4. The number of aromatic nitrogens is 1. The van der Waals surface area contributed by atoms with Gasteiger partial charge in [-0.3, -0.25) is 0 Å². The molecule has 1 aliphatic heterocycles. The monoisotopic (exact) mass is 250 g/mol. The van der Waals surface area contributed by atoms with Gasteiger partial charge in [-0.25, -0.2) is 4.98 Å². The van der Waals surface area contributed by atoms with Crippen LogP contribution in [0, 0.1) is 0 Å². The lowest BCUT2D eigenvalue weighted by Crippen LogP contribution is -2.23. The van der Waals surface area contributed by atoms with Crippen LogP contribution in [0.2, 0.25) is 0 Å². The van der Waals surface area contributed by atoms with Gasteiger partial charge in [-0.2, -0.15) is 13.2 Å². The molecule has 0 saturated carbocycles. The molecule has 0 spiro atoms. The first-order chi connectivity index (χ1) is 7.57. The smallest absolute Gasteiger partial charge is 0.348 e. The number of hydrogen-bond acceptors (Lipinski definition) is 3. The highest BCUT2D eigenvalue weighted by Crippen LogP contribution is 2.33. The van der Waals surface area contributed by atoms with Crippen molar-refractivity contribution in [1.29, 1.82) is 0 Å². The average molecular weight is 250 g/mol. The minimum absolute atomic E-state index is 0.509. The SMILES string of the molecule is FC(F)(F)c1csc(N2CCCCCC2)n1. The van der Waals surface area contributed by atoms with Gasteiger partial charge in [-0.15, -0.1) is 11.3 Å². The summed E-state index contributed by atoms with van der Waals surface area (Å²) in [6, 6.07) is 0. The highest BCUT2D eigenvalue weighted by molar-refractivity contribution is 7.13. The second-order valence-electron chi connectivity index (χ2n) is 3.91. The Labute approximate surface area is 96.1 Å². The van der Waals surface area contributed by atoms with Crippen LogP contribution >= 0.6 is 11.3 Å². The molecule has 1 aliphatic rings. The Balaban J connectivity index is 2.11. The normalized spacial score (nSPS) is 18.6. The fourth-order valence-electron chi connectivity index (χ4n) is 1.80. The Kier molecular flexibility index (Phi) is 3.37. The van der Waals surface area contributed by atoms with E-state index in [1.165, 1.54) is 0 Å². The third-order valence-electron chi connectivity index (χ3n) is 2.66. The molecule has 0 bridgehead atoms. The van der Waals surface area contributed by atoms with Crippen molar-refractivity contribution in [3.8, 4) is 0 Å². The number of hydrogen-bond donors (Lipinski definition) is 0. The van der Waals surface area contributed by atoms with Gasteiger partial charge in [-0.05, 0) is 12.8 Å². The molecule has 1 saturated heterocycles. The third kappa shape index (κ3) is 2.66. The quantitative estimate of drug-likeness (QED) is 0.757. The molecule has 1 fully saturated rings. The Hall–Kier alpha value is -0.780. The summed E-state index contributed by atoms with van der Waals surface area (Å²) in [5.74, 6) is 0. The summed E-state index contributed by atoms with van der Waals surface area (Å²) in [6.07, 6.45) is 0.0878. The van der Waals surface area contributed by atoms with Crippen molar-refractivity contribution in [2.24, 2.45) is 0 Å². The lowest BCUT2D eigenvalue weighted by atomic mass is 10.2. The molecule has 0 atom stereocenters. The molecule has 16 heavy (non-hydrogen) atoms. The van der Waals surface area contributed by atoms with E-state index in [1.807, 2.05) is 4.90 Å². The van der Waals surface area contributed by atoms with E-state index in [2.05, 4.69) is 4.98 Å². The Bertz CT molecular complexity index is 340. The molecule has 0 N–H and O–H groups in total. The molecule has 2 heterocycles. The maximum absolute atomic E-state index is 12.4. The maximum Gasteiger partial charge on any atom is 0.434 e. The van der Waals surface area contributed by atoms with Crippen LogP contribution in [-0.2, 0) is 6.18 Å². The first-order valence-corrected chi connectivity index (χ1v) is 6.23. The molecule has 2 nitrogen and oxygen atoms in total. The number of thiazole rings is 1. The largest absolute Gasteiger partial charge is 0.434 e. The van der Waals surface area contributed by atoms with Crippen molar-refractivity contribution >= 4 is 16.5 Å². The Morgan fingerprint density at radius 1 is 1.12 bits per heavy atom. The van der Waals surface area contributed by atoms with Crippen molar-refractivity contribution in [2.75, 3.05) is 18.0 Å². The van der Waals surface area contributed by atoms with E-state index in [4.69, 9.17) is 0 Å². The van der Waals surface area contributed by atoms with Gasteiger partial charge in [0.1, 0.15) is 0 Å². The fourth-order valence-corrected chi connectivity index (χ4v) is 2.69. The van der Waals surface area contributed by atoms with Crippen molar-refractivity contribution in [1.82, 2.24) is 4.98 Å². The van der Waals surface area contributed by atoms with E-state index in [1.54, 1.807) is 0 Å². The van der Waals surface area contributed by atoms with Crippen molar-refractivity contribution in [2.45, 2.75) is 31.9 Å². The first-order valence-electron chi connectivity index (χ1n) is 5.35. The van der Waals surface area contributed by atoms with Crippen LogP contribution in [0.4, 0.5) is 18.3 Å². The van der Waals surface area contributed by atoms with Crippen molar-refractivity contribution < 1.29 is 13.2 Å². The van der Waals surface area contributed by atoms with E-state index >= 15 is 0 Å². The topological polar surface area (TPSA) is 16.1 Å². The van der Waals surface area contributed by atoms with Gasteiger partial charge >= 0.3 is 6.18 Å². The zero-order valence-electron chi connectivity index (χ0n) is 8.76. The third-order valence-corrected chi connectivity index (χ3v) is 3.56. The van der Waals surface area contributed by atoms with Crippen LogP contribution in [-0.4, -0.2) is 18.1 Å². The van der Waals surface area contributed by atoms with Crippen LogP contribution in [0.3, 0.4) is 0 Å². The van der Waals surface area contributed by atoms with E-state index in [9.17, 15) is 13.2 Å². The van der Waals surface area contributed by atoms with E-state index in [-0.39, 0.29) is 0 Å². The minimum atomic E-state index is -4.32. The number of rotatable bonds is 1. The predicted octanol–water partition coefficient (Wildman–Crippen LogP) is 3.54. The van der Waals surface area contributed by atoms with Crippen LogP contribution in [0.25, 0.3) is 0 Å². The molecule has 1 aromatic rings. The van der Waals surface area contributed by atoms with Gasteiger partial charge < -0.3 is 4.90 Å². The Morgan fingerprint density at radius 3 is 2.25 bits per heavy atom. The highest BCUT2D eigenvalue weighted by atomic mass is 32.1. The fraction of sp³-hybridized carbons (Fsp3) is 0.700. The van der Waals surface area contributed by atoms with E-state index in [0.717, 1.165) is 55.5 Å². The number of anilines is 1. The van der Waals surface area contributed by atoms with Crippen LogP contribution in [0.15, 0.2) is 5.38 Å². The summed E-state index contributed by atoms with van der Waals surface area (Å²) in [5.41, 5.74) is -0.767. The molecular formula is C10H13F3N2S. The van der Waals surface area contributed by atoms with Gasteiger partial charge in [0.05, 0.1) is 0 Å². The summed E-state index contributed by atoms with van der Waals surface area (Å²) in [4.78, 5) is 5.63. The van der Waals surface area contributed by atoms with Crippen LogP contribution in [0.5, 0.6) is 0 Å². The van der Waals surface area contributed by atoms with Crippen LogP contribution < -0.4 is 4.90 Å². The van der Waals surface area contributed by atoms with E-state index in [0.29, 0.717) is 5.13 Å². The van der Waals surface area contributed by atoms with Crippen molar-refractivity contribution in [3.63, 3.8) is 0 Å². The summed E-state index contributed by atoms with van der Waals surface area (Å²) >= 11 is 1.09. The highest BCUT2D eigenvalue weighted by Gasteiger charge is 2.34. The molecular weight excluding hydrogens is 237 g/mol. The number of halogens is 3. The van der Waals surface area contributed by atoms with Gasteiger partial charge in [0.2, 0.25) is 0 Å². The summed E-state index contributed by atoms with van der Waals surface area (Å²) in [5, 5.41) is 1.61. The van der Waals surface area contributed by atoms with Crippen molar-refractivity contribution in [3.05, 3.63) is 11.1 Å². The molecule has 90 valence electrons. The molecule has 0 aliphatic carbocycles.